The van der Waals surface area contributed by atoms with E-state index in [9.17, 15) is 18.0 Å². The number of benzene rings is 2. The van der Waals surface area contributed by atoms with Gasteiger partial charge in [-0.25, -0.2) is 4.98 Å². The number of nitrogens with one attached hydrogen (secondary N) is 2. The van der Waals surface area contributed by atoms with Gasteiger partial charge in [0.05, 0.1) is 17.1 Å². The molecule has 4 aromatic rings. The van der Waals surface area contributed by atoms with Crippen molar-refractivity contribution < 1.29 is 18.0 Å². The number of amides is 1. The van der Waals surface area contributed by atoms with Gasteiger partial charge in [-0.1, -0.05) is 29.8 Å². The Morgan fingerprint density at radius 3 is 2.49 bits per heavy atom. The quantitative estimate of drug-likeness (QED) is 0.348. The van der Waals surface area contributed by atoms with Crippen LogP contribution in [0.5, 0.6) is 0 Å². The van der Waals surface area contributed by atoms with Crippen LogP contribution in [0.25, 0.3) is 21.8 Å². The van der Waals surface area contributed by atoms with Crippen LogP contribution in [0.4, 0.5) is 18.9 Å². The van der Waals surface area contributed by atoms with Crippen molar-refractivity contribution >= 4 is 45.0 Å². The SMILES string of the molecule is CNC(=O)c1c2ccccc2nn1C1CCC(Nc2cc(C(F)(F)F)nc3ccc(Cl)cc23)CC1. The van der Waals surface area contributed by atoms with Crippen molar-refractivity contribution in [2.45, 2.75) is 43.9 Å². The molecule has 1 saturated carbocycles. The molecule has 10 heteroatoms. The molecular weight excluding hydrogens is 479 g/mol. The summed E-state index contributed by atoms with van der Waals surface area (Å²) in [6.07, 6.45) is -1.68. The van der Waals surface area contributed by atoms with E-state index in [1.165, 1.54) is 12.1 Å². The maximum Gasteiger partial charge on any atom is 0.433 e. The Labute approximate surface area is 204 Å². The summed E-state index contributed by atoms with van der Waals surface area (Å²) in [6.45, 7) is 0. The van der Waals surface area contributed by atoms with E-state index >= 15 is 0 Å². The summed E-state index contributed by atoms with van der Waals surface area (Å²) < 4.78 is 42.2. The average molecular weight is 502 g/mol. The van der Waals surface area contributed by atoms with Gasteiger partial charge in [-0.2, -0.15) is 18.3 Å². The van der Waals surface area contributed by atoms with E-state index in [0.717, 1.165) is 29.8 Å². The highest BCUT2D eigenvalue weighted by molar-refractivity contribution is 6.31. The lowest BCUT2D eigenvalue weighted by molar-refractivity contribution is -0.140. The number of hydrogen-bond donors (Lipinski definition) is 2. The van der Waals surface area contributed by atoms with Crippen molar-refractivity contribution in [3.63, 3.8) is 0 Å². The van der Waals surface area contributed by atoms with Crippen LogP contribution in [-0.4, -0.2) is 33.8 Å². The van der Waals surface area contributed by atoms with Gasteiger partial charge >= 0.3 is 6.18 Å². The summed E-state index contributed by atoms with van der Waals surface area (Å²) in [4.78, 5) is 16.4. The first-order valence-corrected chi connectivity index (χ1v) is 11.8. The topological polar surface area (TPSA) is 71.8 Å². The predicted octanol–water partition coefficient (Wildman–Crippen LogP) is 6.21. The molecule has 2 N–H and O–H groups in total. The number of rotatable bonds is 4. The van der Waals surface area contributed by atoms with Gasteiger partial charge in [0.15, 0.2) is 0 Å². The molecule has 0 unspecified atom stereocenters. The van der Waals surface area contributed by atoms with Gasteiger partial charge < -0.3 is 10.6 Å². The third-order valence-electron chi connectivity index (χ3n) is 6.51. The van der Waals surface area contributed by atoms with Crippen LogP contribution in [0.2, 0.25) is 5.02 Å². The molecule has 0 radical (unpaired) electrons. The number of hydrogen-bond acceptors (Lipinski definition) is 4. The summed E-state index contributed by atoms with van der Waals surface area (Å²) in [5, 5.41) is 12.5. The first-order valence-electron chi connectivity index (χ1n) is 11.4. The van der Waals surface area contributed by atoms with Crippen LogP contribution < -0.4 is 10.6 Å². The smallest absolute Gasteiger partial charge is 0.382 e. The molecule has 0 spiro atoms. The zero-order valence-corrected chi connectivity index (χ0v) is 19.6. The fourth-order valence-electron chi connectivity index (χ4n) is 4.81. The van der Waals surface area contributed by atoms with Crippen LogP contribution in [0.1, 0.15) is 47.9 Å². The number of anilines is 1. The van der Waals surface area contributed by atoms with Gasteiger partial charge in [-0.3, -0.25) is 9.48 Å². The summed E-state index contributed by atoms with van der Waals surface area (Å²) in [7, 11) is 1.59. The van der Waals surface area contributed by atoms with Crippen LogP contribution in [0.3, 0.4) is 0 Å². The predicted molar refractivity (Wildman–Crippen MR) is 130 cm³/mol. The number of carbonyl (C=O) groups excluding carboxylic acids is 1. The van der Waals surface area contributed by atoms with E-state index in [4.69, 9.17) is 16.7 Å². The number of halogens is 4. The lowest BCUT2D eigenvalue weighted by atomic mass is 9.90. The lowest BCUT2D eigenvalue weighted by Gasteiger charge is -2.31. The largest absolute Gasteiger partial charge is 0.433 e. The minimum atomic E-state index is -4.56. The maximum absolute atomic E-state index is 13.5. The van der Waals surface area contributed by atoms with Gasteiger partial charge in [-0.15, -0.1) is 0 Å². The van der Waals surface area contributed by atoms with Gasteiger partial charge in [0, 0.05) is 34.6 Å². The Morgan fingerprint density at radius 2 is 1.77 bits per heavy atom. The molecule has 2 aromatic heterocycles. The number of pyridine rings is 1. The summed E-state index contributed by atoms with van der Waals surface area (Å²) >= 11 is 6.12. The number of alkyl halides is 3. The molecule has 5 rings (SSSR count). The van der Waals surface area contributed by atoms with Crippen molar-refractivity contribution in [2.24, 2.45) is 0 Å². The van der Waals surface area contributed by atoms with E-state index in [-0.39, 0.29) is 23.5 Å². The second-order valence-corrected chi connectivity index (χ2v) is 9.19. The second kappa shape index (κ2) is 9.03. The Kier molecular flexibility index (Phi) is 6.04. The first kappa shape index (κ1) is 23.4. The van der Waals surface area contributed by atoms with E-state index < -0.39 is 11.9 Å². The fraction of sp³-hybridized carbons (Fsp3) is 0.320. The zero-order valence-electron chi connectivity index (χ0n) is 18.9. The number of carbonyl (C=O) groups is 1. The number of fused-ring (bicyclic) bond motifs is 2. The molecular formula is C25H23ClF3N5O. The standard InChI is InChI=1S/C25H23ClF3N5O/c1-30-24(35)23-17-4-2-3-5-20(17)33-34(23)16-9-7-15(8-10-16)31-21-13-22(25(27,28)29)32-19-11-6-14(26)12-18(19)21/h2-6,11-13,15-16H,7-10H2,1H3,(H,30,35)(H,31,32). The lowest BCUT2D eigenvalue weighted by Crippen LogP contribution is -2.30. The highest BCUT2D eigenvalue weighted by Gasteiger charge is 2.34. The van der Waals surface area contributed by atoms with Crippen LogP contribution >= 0.6 is 11.6 Å². The monoisotopic (exact) mass is 501 g/mol. The zero-order chi connectivity index (χ0) is 24.7. The van der Waals surface area contributed by atoms with Gasteiger partial charge in [0.25, 0.3) is 5.91 Å². The second-order valence-electron chi connectivity index (χ2n) is 8.75. The van der Waals surface area contributed by atoms with E-state index in [2.05, 4.69) is 15.6 Å². The third-order valence-corrected chi connectivity index (χ3v) is 6.74. The van der Waals surface area contributed by atoms with Crippen LogP contribution in [-0.2, 0) is 6.18 Å². The molecule has 1 amide bonds. The number of nitrogens with zero attached hydrogens (tertiary/aromatic N) is 3. The van der Waals surface area contributed by atoms with Gasteiger partial charge in [0.1, 0.15) is 11.4 Å². The normalized spacial score (nSPS) is 18.7. The van der Waals surface area contributed by atoms with Crippen molar-refractivity contribution in [3.05, 3.63) is 64.9 Å². The molecule has 1 fully saturated rings. The summed E-state index contributed by atoms with van der Waals surface area (Å²) in [5.74, 6) is -0.196. The minimum absolute atomic E-state index is 0.0158. The molecule has 2 heterocycles. The van der Waals surface area contributed by atoms with Crippen LogP contribution in [0.15, 0.2) is 48.5 Å². The average Bonchev–Trinajstić information content (AvgIpc) is 3.23. The number of aromatic nitrogens is 3. The minimum Gasteiger partial charge on any atom is -0.382 e. The molecule has 0 bridgehead atoms. The van der Waals surface area contributed by atoms with Crippen molar-refractivity contribution in [2.75, 3.05) is 12.4 Å². The molecule has 6 nitrogen and oxygen atoms in total. The Balaban J connectivity index is 1.40. The Morgan fingerprint density at radius 1 is 1.03 bits per heavy atom. The summed E-state index contributed by atoms with van der Waals surface area (Å²) in [5.41, 5.74) is 0.945. The maximum atomic E-state index is 13.5. The van der Waals surface area contributed by atoms with E-state index in [0.29, 0.717) is 34.6 Å². The highest BCUT2D eigenvalue weighted by atomic mass is 35.5. The van der Waals surface area contributed by atoms with Crippen molar-refractivity contribution in [3.8, 4) is 0 Å². The van der Waals surface area contributed by atoms with Crippen molar-refractivity contribution in [1.29, 1.82) is 0 Å². The van der Waals surface area contributed by atoms with E-state index in [1.807, 2.05) is 28.9 Å². The molecule has 0 atom stereocenters. The fourth-order valence-corrected chi connectivity index (χ4v) is 4.98. The molecule has 2 aromatic carbocycles. The highest BCUT2D eigenvalue weighted by Crippen LogP contribution is 2.37. The van der Waals surface area contributed by atoms with Crippen LogP contribution in [0, 0.1) is 0 Å². The molecule has 0 aliphatic heterocycles. The van der Waals surface area contributed by atoms with Crippen molar-refractivity contribution in [1.82, 2.24) is 20.1 Å². The molecule has 35 heavy (non-hydrogen) atoms. The first-order chi connectivity index (χ1) is 16.7. The van der Waals surface area contributed by atoms with Gasteiger partial charge in [-0.05, 0) is 56.0 Å². The third kappa shape index (κ3) is 4.52. The summed E-state index contributed by atoms with van der Waals surface area (Å²) in [6, 6.07) is 13.2. The molecule has 182 valence electrons. The Hall–Kier alpha value is -3.33. The van der Waals surface area contributed by atoms with E-state index in [1.54, 1.807) is 13.1 Å². The molecule has 1 aliphatic carbocycles. The molecule has 1 aliphatic rings. The molecule has 0 saturated heterocycles. The Bertz CT molecular complexity index is 1410. The van der Waals surface area contributed by atoms with Gasteiger partial charge in [0.2, 0.25) is 0 Å².